The zero-order valence-electron chi connectivity index (χ0n) is 21.2. The SMILES string of the molecule is Cc1ccc(N=Cc2ccc(Sc3nnc(Cc4cccc5ccccc45)n3-c3ccccc3)o2)cc1C. The van der Waals surface area contributed by atoms with Crippen LogP contribution in [0.5, 0.6) is 0 Å². The van der Waals surface area contributed by atoms with Crippen molar-refractivity contribution in [2.45, 2.75) is 30.5 Å². The number of hydrogen-bond acceptors (Lipinski definition) is 5. The average molecular weight is 515 g/mol. The Morgan fingerprint density at radius 1 is 0.816 bits per heavy atom. The Morgan fingerprint density at radius 3 is 2.50 bits per heavy atom. The van der Waals surface area contributed by atoms with Gasteiger partial charge in [0.05, 0.1) is 11.9 Å². The summed E-state index contributed by atoms with van der Waals surface area (Å²) in [5.41, 5.74) is 5.60. The number of para-hydroxylation sites is 1. The Kier molecular flexibility index (Phi) is 6.63. The molecule has 0 N–H and O–H groups in total. The van der Waals surface area contributed by atoms with Crippen molar-refractivity contribution in [2.75, 3.05) is 0 Å². The Bertz CT molecular complexity index is 1750. The van der Waals surface area contributed by atoms with Crippen LogP contribution in [-0.2, 0) is 6.42 Å². The van der Waals surface area contributed by atoms with Gasteiger partial charge in [0.25, 0.3) is 0 Å². The van der Waals surface area contributed by atoms with E-state index in [0.717, 1.165) is 27.4 Å². The molecule has 38 heavy (non-hydrogen) atoms. The smallest absolute Gasteiger partial charge is 0.203 e. The van der Waals surface area contributed by atoms with Crippen LogP contribution in [0.25, 0.3) is 16.5 Å². The van der Waals surface area contributed by atoms with Crippen molar-refractivity contribution in [3.05, 3.63) is 131 Å². The molecule has 0 amide bonds. The maximum Gasteiger partial charge on any atom is 0.203 e. The maximum atomic E-state index is 6.07. The quantitative estimate of drug-likeness (QED) is 0.202. The van der Waals surface area contributed by atoms with E-state index in [-0.39, 0.29) is 0 Å². The lowest BCUT2D eigenvalue weighted by molar-refractivity contribution is 0.468. The van der Waals surface area contributed by atoms with Crippen LogP contribution in [-0.4, -0.2) is 21.0 Å². The molecule has 0 bridgehead atoms. The second-order valence-electron chi connectivity index (χ2n) is 9.17. The number of hydrogen-bond donors (Lipinski definition) is 0. The van der Waals surface area contributed by atoms with E-state index in [2.05, 4.69) is 100 Å². The molecule has 0 atom stereocenters. The topological polar surface area (TPSA) is 56.2 Å². The summed E-state index contributed by atoms with van der Waals surface area (Å²) in [6.07, 6.45) is 2.41. The number of benzene rings is 4. The van der Waals surface area contributed by atoms with E-state index in [1.54, 1.807) is 6.21 Å². The summed E-state index contributed by atoms with van der Waals surface area (Å²) in [6.45, 7) is 4.19. The van der Waals surface area contributed by atoms with Gasteiger partial charge >= 0.3 is 0 Å². The fraction of sp³-hybridized carbons (Fsp3) is 0.0938. The maximum absolute atomic E-state index is 6.07. The van der Waals surface area contributed by atoms with Crippen LogP contribution in [0.4, 0.5) is 5.69 Å². The highest BCUT2D eigenvalue weighted by Gasteiger charge is 2.18. The summed E-state index contributed by atoms with van der Waals surface area (Å²) < 4.78 is 8.18. The van der Waals surface area contributed by atoms with Gasteiger partial charge in [0.15, 0.2) is 5.09 Å². The minimum atomic E-state index is 0.663. The van der Waals surface area contributed by atoms with Crippen LogP contribution in [0.3, 0.4) is 0 Å². The number of furan rings is 1. The largest absolute Gasteiger partial charge is 0.448 e. The molecule has 0 aliphatic carbocycles. The van der Waals surface area contributed by atoms with Crippen molar-refractivity contribution < 1.29 is 4.42 Å². The van der Waals surface area contributed by atoms with Gasteiger partial charge in [-0.3, -0.25) is 9.56 Å². The number of fused-ring (bicyclic) bond motifs is 1. The van der Waals surface area contributed by atoms with Gasteiger partial charge in [0, 0.05) is 12.1 Å². The predicted octanol–water partition coefficient (Wildman–Crippen LogP) is 8.12. The highest BCUT2D eigenvalue weighted by atomic mass is 32.2. The molecule has 2 aromatic heterocycles. The van der Waals surface area contributed by atoms with Crippen LogP contribution in [0.2, 0.25) is 0 Å². The third-order valence-electron chi connectivity index (χ3n) is 6.57. The van der Waals surface area contributed by atoms with Gasteiger partial charge in [0.1, 0.15) is 11.6 Å². The van der Waals surface area contributed by atoms with Gasteiger partial charge in [-0.2, -0.15) is 0 Å². The van der Waals surface area contributed by atoms with E-state index in [0.29, 0.717) is 12.2 Å². The molecule has 186 valence electrons. The molecule has 0 fully saturated rings. The molecule has 0 saturated carbocycles. The normalized spacial score (nSPS) is 11.5. The van der Waals surface area contributed by atoms with E-state index >= 15 is 0 Å². The lowest BCUT2D eigenvalue weighted by atomic mass is 10.0. The van der Waals surface area contributed by atoms with Crippen LogP contribution in [0.1, 0.15) is 28.3 Å². The first kappa shape index (κ1) is 23.9. The molecule has 0 saturated heterocycles. The molecular weight excluding hydrogens is 488 g/mol. The highest BCUT2D eigenvalue weighted by molar-refractivity contribution is 7.99. The molecule has 4 aromatic carbocycles. The molecule has 0 aliphatic rings. The fourth-order valence-electron chi connectivity index (χ4n) is 4.43. The zero-order valence-corrected chi connectivity index (χ0v) is 22.0. The summed E-state index contributed by atoms with van der Waals surface area (Å²) in [6, 6.07) is 35.1. The number of aromatic nitrogens is 3. The zero-order chi connectivity index (χ0) is 25.9. The van der Waals surface area contributed by atoms with E-state index in [1.165, 1.54) is 39.2 Å². The predicted molar refractivity (Wildman–Crippen MR) is 154 cm³/mol. The molecular formula is C32H26N4OS. The van der Waals surface area contributed by atoms with Crippen molar-refractivity contribution in [1.82, 2.24) is 14.8 Å². The summed E-state index contributed by atoms with van der Waals surface area (Å²) in [7, 11) is 0. The monoisotopic (exact) mass is 514 g/mol. The van der Waals surface area contributed by atoms with E-state index in [9.17, 15) is 0 Å². The minimum absolute atomic E-state index is 0.663. The summed E-state index contributed by atoms with van der Waals surface area (Å²) in [4.78, 5) is 4.58. The Hall–Kier alpha value is -4.42. The van der Waals surface area contributed by atoms with Gasteiger partial charge in [-0.05, 0) is 89.5 Å². The van der Waals surface area contributed by atoms with E-state index in [1.807, 2.05) is 36.4 Å². The standard InChI is InChI=1S/C32H26N4OS/c1-22-15-16-26(19-23(22)2)33-21-28-17-18-31(37-28)38-32-35-34-30(36(32)27-12-4-3-5-13-27)20-25-11-8-10-24-9-6-7-14-29(24)25/h3-19,21H,20H2,1-2H3. The summed E-state index contributed by atoms with van der Waals surface area (Å²) in [5.74, 6) is 1.56. The van der Waals surface area contributed by atoms with Crippen LogP contribution < -0.4 is 0 Å². The molecule has 6 rings (SSSR count). The summed E-state index contributed by atoms with van der Waals surface area (Å²) in [5, 5.41) is 13.1. The number of aryl methyl sites for hydroxylation is 2. The van der Waals surface area contributed by atoms with E-state index in [4.69, 9.17) is 4.42 Å². The number of nitrogens with zero attached hydrogens (tertiary/aromatic N) is 4. The first-order valence-electron chi connectivity index (χ1n) is 12.5. The van der Waals surface area contributed by atoms with Crippen molar-refractivity contribution in [3.8, 4) is 5.69 Å². The van der Waals surface area contributed by atoms with Crippen molar-refractivity contribution in [2.24, 2.45) is 4.99 Å². The van der Waals surface area contributed by atoms with E-state index < -0.39 is 0 Å². The Morgan fingerprint density at radius 2 is 1.63 bits per heavy atom. The lowest BCUT2D eigenvalue weighted by Crippen LogP contribution is -2.04. The fourth-order valence-corrected chi connectivity index (χ4v) is 5.26. The molecule has 6 heteroatoms. The van der Waals surface area contributed by atoms with Crippen LogP contribution in [0.15, 0.2) is 123 Å². The van der Waals surface area contributed by atoms with Crippen LogP contribution >= 0.6 is 11.8 Å². The van der Waals surface area contributed by atoms with Crippen molar-refractivity contribution in [3.63, 3.8) is 0 Å². The van der Waals surface area contributed by atoms with Gasteiger partial charge in [-0.1, -0.05) is 66.7 Å². The molecule has 0 radical (unpaired) electrons. The first-order valence-corrected chi connectivity index (χ1v) is 13.3. The molecule has 5 nitrogen and oxygen atoms in total. The van der Waals surface area contributed by atoms with Crippen molar-refractivity contribution in [1.29, 1.82) is 0 Å². The van der Waals surface area contributed by atoms with Gasteiger partial charge < -0.3 is 4.42 Å². The van der Waals surface area contributed by atoms with Gasteiger partial charge in [-0.15, -0.1) is 10.2 Å². The van der Waals surface area contributed by atoms with Crippen LogP contribution in [0, 0.1) is 13.8 Å². The molecule has 2 heterocycles. The first-order chi connectivity index (χ1) is 18.6. The molecule has 0 unspecified atom stereocenters. The van der Waals surface area contributed by atoms with Gasteiger partial charge in [-0.25, -0.2) is 0 Å². The third-order valence-corrected chi connectivity index (χ3v) is 7.44. The second kappa shape index (κ2) is 10.5. The summed E-state index contributed by atoms with van der Waals surface area (Å²) >= 11 is 1.45. The number of rotatable bonds is 7. The van der Waals surface area contributed by atoms with Crippen molar-refractivity contribution >= 4 is 34.4 Å². The Balaban J connectivity index is 1.30. The molecule has 0 aliphatic heterocycles. The average Bonchev–Trinajstić information content (AvgIpc) is 3.57. The lowest BCUT2D eigenvalue weighted by Gasteiger charge is -2.11. The number of aliphatic imine (C=N–C) groups is 1. The molecule has 6 aromatic rings. The second-order valence-corrected chi connectivity index (χ2v) is 10.1. The minimum Gasteiger partial charge on any atom is -0.448 e. The highest BCUT2D eigenvalue weighted by Crippen LogP contribution is 2.31. The van der Waals surface area contributed by atoms with Gasteiger partial charge in [0.2, 0.25) is 5.16 Å². The molecule has 0 spiro atoms. The Labute approximate surface area is 225 Å². The third kappa shape index (κ3) is 5.04.